The van der Waals surface area contributed by atoms with Gasteiger partial charge in [0.1, 0.15) is 0 Å². The highest BCUT2D eigenvalue weighted by molar-refractivity contribution is 4.80. The number of piperidine rings is 1. The third-order valence-corrected chi connectivity index (χ3v) is 4.37. The molecule has 0 amide bonds. The average Bonchev–Trinajstić information content (AvgIpc) is 2.74. The van der Waals surface area contributed by atoms with Gasteiger partial charge in [-0.15, -0.1) is 0 Å². The standard InChI is InChI=1S/C9H19N.C8H18N2.4C2H6/c1-9(2,3)10-7-5-4-6-8-10;1-8(2,3)10-6-4-9-5-7-10;4*1-2/h4-8H2,1-3H3;9H,4-7H2,1-3H3;4*1-2H3. The minimum atomic E-state index is 0.363. The first kappa shape index (κ1) is 35.3. The van der Waals surface area contributed by atoms with Gasteiger partial charge in [-0.3, -0.25) is 9.80 Å². The molecular formula is C25H61N3. The van der Waals surface area contributed by atoms with E-state index in [-0.39, 0.29) is 0 Å². The monoisotopic (exact) mass is 403 g/mol. The molecule has 0 radical (unpaired) electrons. The fourth-order valence-electron chi connectivity index (χ4n) is 2.90. The van der Waals surface area contributed by atoms with Gasteiger partial charge in [0.2, 0.25) is 0 Å². The summed E-state index contributed by atoms with van der Waals surface area (Å²) in [4.78, 5) is 5.10. The van der Waals surface area contributed by atoms with Crippen molar-refractivity contribution in [1.82, 2.24) is 15.1 Å². The van der Waals surface area contributed by atoms with E-state index in [0.717, 1.165) is 13.1 Å². The van der Waals surface area contributed by atoms with E-state index in [0.29, 0.717) is 11.1 Å². The van der Waals surface area contributed by atoms with Gasteiger partial charge < -0.3 is 5.32 Å². The summed E-state index contributed by atoms with van der Waals surface area (Å²) in [6.45, 7) is 37.1. The van der Waals surface area contributed by atoms with Crippen LogP contribution in [0.2, 0.25) is 0 Å². The van der Waals surface area contributed by atoms with Gasteiger partial charge in [0, 0.05) is 37.3 Å². The van der Waals surface area contributed by atoms with Crippen LogP contribution in [0.1, 0.15) is 116 Å². The Morgan fingerprint density at radius 3 is 0.964 bits per heavy atom. The Bertz CT molecular complexity index is 224. The van der Waals surface area contributed by atoms with E-state index < -0.39 is 0 Å². The van der Waals surface area contributed by atoms with Gasteiger partial charge in [-0.1, -0.05) is 61.8 Å². The molecule has 176 valence electrons. The largest absolute Gasteiger partial charge is 0.314 e. The van der Waals surface area contributed by atoms with Crippen molar-refractivity contribution in [2.75, 3.05) is 39.3 Å². The molecule has 0 unspecified atom stereocenters. The van der Waals surface area contributed by atoms with Crippen molar-refractivity contribution in [3.63, 3.8) is 0 Å². The van der Waals surface area contributed by atoms with Crippen molar-refractivity contribution in [2.24, 2.45) is 0 Å². The van der Waals surface area contributed by atoms with E-state index in [4.69, 9.17) is 0 Å². The normalized spacial score (nSPS) is 17.4. The van der Waals surface area contributed by atoms with Crippen LogP contribution in [-0.2, 0) is 0 Å². The summed E-state index contributed by atoms with van der Waals surface area (Å²) in [5.74, 6) is 0. The molecule has 0 aromatic carbocycles. The topological polar surface area (TPSA) is 18.5 Å². The number of hydrogen-bond acceptors (Lipinski definition) is 3. The summed E-state index contributed by atoms with van der Waals surface area (Å²) in [5, 5.41) is 3.35. The highest BCUT2D eigenvalue weighted by atomic mass is 15.2. The van der Waals surface area contributed by atoms with Crippen LogP contribution in [-0.4, -0.2) is 60.1 Å². The molecule has 0 aliphatic carbocycles. The van der Waals surface area contributed by atoms with Crippen LogP contribution in [0.5, 0.6) is 0 Å². The quantitative estimate of drug-likeness (QED) is 0.466. The number of rotatable bonds is 0. The Kier molecular flexibility index (Phi) is 29.2. The number of nitrogens with one attached hydrogen (secondary N) is 1. The van der Waals surface area contributed by atoms with Crippen LogP contribution in [0, 0.1) is 0 Å². The van der Waals surface area contributed by atoms with Crippen LogP contribution >= 0.6 is 0 Å². The molecule has 2 rings (SSSR count). The van der Waals surface area contributed by atoms with E-state index >= 15 is 0 Å². The van der Waals surface area contributed by atoms with E-state index in [1.165, 1.54) is 45.4 Å². The van der Waals surface area contributed by atoms with Crippen molar-refractivity contribution in [1.29, 1.82) is 0 Å². The van der Waals surface area contributed by atoms with Crippen molar-refractivity contribution >= 4 is 0 Å². The fourth-order valence-corrected chi connectivity index (χ4v) is 2.90. The first-order valence-electron chi connectivity index (χ1n) is 12.4. The van der Waals surface area contributed by atoms with Crippen LogP contribution in [0.25, 0.3) is 0 Å². The second kappa shape index (κ2) is 23.2. The zero-order valence-corrected chi connectivity index (χ0v) is 22.8. The second-order valence-corrected chi connectivity index (χ2v) is 8.13. The maximum atomic E-state index is 3.35. The average molecular weight is 404 g/mol. The molecule has 1 N–H and O–H groups in total. The maximum absolute atomic E-state index is 3.35. The van der Waals surface area contributed by atoms with E-state index in [2.05, 4.69) is 56.7 Å². The molecule has 2 aliphatic rings. The number of hydrogen-bond donors (Lipinski definition) is 1. The van der Waals surface area contributed by atoms with Crippen molar-refractivity contribution in [2.45, 2.75) is 127 Å². The molecule has 0 atom stereocenters. The smallest absolute Gasteiger partial charge is 0.0126 e. The van der Waals surface area contributed by atoms with Gasteiger partial charge in [-0.2, -0.15) is 0 Å². The van der Waals surface area contributed by atoms with Gasteiger partial charge in [-0.25, -0.2) is 0 Å². The lowest BCUT2D eigenvalue weighted by Crippen LogP contribution is -2.51. The molecule has 3 nitrogen and oxygen atoms in total. The molecule has 0 bridgehead atoms. The Balaban J connectivity index is -0.000000152. The molecule has 2 heterocycles. The summed E-state index contributed by atoms with van der Waals surface area (Å²) in [7, 11) is 0. The zero-order chi connectivity index (χ0) is 23.2. The summed E-state index contributed by atoms with van der Waals surface area (Å²) >= 11 is 0. The first-order chi connectivity index (χ1) is 13.2. The molecule has 2 aliphatic heterocycles. The minimum Gasteiger partial charge on any atom is -0.314 e. The predicted molar refractivity (Wildman–Crippen MR) is 135 cm³/mol. The Morgan fingerprint density at radius 2 is 0.750 bits per heavy atom. The van der Waals surface area contributed by atoms with Gasteiger partial charge in [0.15, 0.2) is 0 Å². The minimum absolute atomic E-state index is 0.363. The Morgan fingerprint density at radius 1 is 0.464 bits per heavy atom. The highest BCUT2D eigenvalue weighted by Crippen LogP contribution is 2.19. The molecule has 0 saturated carbocycles. The maximum Gasteiger partial charge on any atom is 0.0126 e. The summed E-state index contributed by atoms with van der Waals surface area (Å²) in [5.41, 5.74) is 0.766. The third-order valence-electron chi connectivity index (χ3n) is 4.37. The Labute approximate surface area is 182 Å². The number of likely N-dealkylation sites (tertiary alicyclic amines) is 1. The summed E-state index contributed by atoms with van der Waals surface area (Å²) in [6.07, 6.45) is 4.24. The van der Waals surface area contributed by atoms with Crippen LogP contribution in [0.4, 0.5) is 0 Å². The van der Waals surface area contributed by atoms with E-state index in [1.807, 2.05) is 55.4 Å². The second-order valence-electron chi connectivity index (χ2n) is 8.13. The number of nitrogens with zero attached hydrogens (tertiary/aromatic N) is 2. The molecule has 28 heavy (non-hydrogen) atoms. The van der Waals surface area contributed by atoms with Gasteiger partial charge in [0.25, 0.3) is 0 Å². The summed E-state index contributed by atoms with van der Waals surface area (Å²) in [6, 6.07) is 0. The Hall–Kier alpha value is -0.120. The lowest BCUT2D eigenvalue weighted by Gasteiger charge is -2.38. The zero-order valence-electron chi connectivity index (χ0n) is 22.8. The summed E-state index contributed by atoms with van der Waals surface area (Å²) < 4.78 is 0. The third kappa shape index (κ3) is 20.6. The molecule has 2 fully saturated rings. The molecule has 2 saturated heterocycles. The van der Waals surface area contributed by atoms with Gasteiger partial charge >= 0.3 is 0 Å². The van der Waals surface area contributed by atoms with Crippen LogP contribution < -0.4 is 5.32 Å². The van der Waals surface area contributed by atoms with E-state index in [1.54, 1.807) is 0 Å². The molecular weight excluding hydrogens is 342 g/mol. The highest BCUT2D eigenvalue weighted by Gasteiger charge is 2.22. The lowest BCUT2D eigenvalue weighted by atomic mass is 10.0. The van der Waals surface area contributed by atoms with Crippen LogP contribution in [0.3, 0.4) is 0 Å². The van der Waals surface area contributed by atoms with E-state index in [9.17, 15) is 0 Å². The molecule has 0 aromatic rings. The van der Waals surface area contributed by atoms with Gasteiger partial charge in [-0.05, 0) is 67.5 Å². The lowest BCUT2D eigenvalue weighted by molar-refractivity contribution is 0.111. The molecule has 0 aromatic heterocycles. The molecule has 0 spiro atoms. The van der Waals surface area contributed by atoms with Crippen molar-refractivity contribution < 1.29 is 0 Å². The SMILES string of the molecule is CC.CC.CC.CC.CC(C)(C)N1CCCCC1.CC(C)(C)N1CCNCC1. The van der Waals surface area contributed by atoms with Crippen LogP contribution in [0.15, 0.2) is 0 Å². The molecule has 3 heteroatoms. The first-order valence-corrected chi connectivity index (χ1v) is 12.4. The van der Waals surface area contributed by atoms with Crippen molar-refractivity contribution in [3.05, 3.63) is 0 Å². The fraction of sp³-hybridized carbons (Fsp3) is 1.00. The number of piperazine rings is 1. The van der Waals surface area contributed by atoms with Gasteiger partial charge in [0.05, 0.1) is 0 Å². The van der Waals surface area contributed by atoms with Crippen molar-refractivity contribution in [3.8, 4) is 0 Å². The predicted octanol–water partition coefficient (Wildman–Crippen LogP) is 7.07.